The average molecular weight is 436 g/mol. The predicted octanol–water partition coefficient (Wildman–Crippen LogP) is 5.72. The van der Waals surface area contributed by atoms with E-state index in [0.717, 1.165) is 28.2 Å². The zero-order valence-electron chi connectivity index (χ0n) is 17.3. The first-order chi connectivity index (χ1) is 15.2. The summed E-state index contributed by atoms with van der Waals surface area (Å²) < 4.78 is 39.5. The fraction of sp³-hybridized carbons (Fsp3) is 0.120. The van der Waals surface area contributed by atoms with E-state index in [4.69, 9.17) is 0 Å². The highest BCUT2D eigenvalue weighted by molar-refractivity contribution is 6.46. The minimum Gasteiger partial charge on any atom is -0.350 e. The summed E-state index contributed by atoms with van der Waals surface area (Å²) in [6.07, 6.45) is -4.53. The molecule has 4 rings (SSSR count). The van der Waals surface area contributed by atoms with Crippen LogP contribution in [0.2, 0.25) is 0 Å². The van der Waals surface area contributed by atoms with Gasteiger partial charge in [0.15, 0.2) is 0 Å². The molecule has 7 heteroatoms. The minimum absolute atomic E-state index is 0.0631. The van der Waals surface area contributed by atoms with Crippen LogP contribution in [0.5, 0.6) is 0 Å². The van der Waals surface area contributed by atoms with Crippen molar-refractivity contribution in [3.05, 3.63) is 101 Å². The van der Waals surface area contributed by atoms with Gasteiger partial charge in [0.25, 0.3) is 11.8 Å². The predicted molar refractivity (Wildman–Crippen MR) is 117 cm³/mol. The second-order valence-corrected chi connectivity index (χ2v) is 7.55. The number of halogens is 3. The molecule has 0 aliphatic carbocycles. The maximum atomic E-state index is 13.4. The van der Waals surface area contributed by atoms with Gasteiger partial charge >= 0.3 is 6.18 Å². The lowest BCUT2D eigenvalue weighted by Gasteiger charge is -2.15. The van der Waals surface area contributed by atoms with Gasteiger partial charge in [-0.15, -0.1) is 0 Å². The van der Waals surface area contributed by atoms with E-state index in [1.165, 1.54) is 12.1 Å². The molecule has 0 spiro atoms. The molecule has 0 saturated heterocycles. The first-order valence-corrected chi connectivity index (χ1v) is 9.87. The molecule has 2 amide bonds. The van der Waals surface area contributed by atoms with Gasteiger partial charge < -0.3 is 5.32 Å². The van der Waals surface area contributed by atoms with Crippen molar-refractivity contribution in [2.75, 3.05) is 10.2 Å². The van der Waals surface area contributed by atoms with Crippen molar-refractivity contribution in [2.24, 2.45) is 0 Å². The van der Waals surface area contributed by atoms with Crippen molar-refractivity contribution >= 4 is 28.8 Å². The Labute approximate surface area is 183 Å². The van der Waals surface area contributed by atoms with Crippen molar-refractivity contribution < 1.29 is 22.8 Å². The largest absolute Gasteiger partial charge is 0.416 e. The number of hydrogen-bond acceptors (Lipinski definition) is 3. The first kappa shape index (κ1) is 21.4. The lowest BCUT2D eigenvalue weighted by Crippen LogP contribution is -2.32. The van der Waals surface area contributed by atoms with Crippen LogP contribution < -0.4 is 10.2 Å². The second-order valence-electron chi connectivity index (χ2n) is 7.55. The fourth-order valence-electron chi connectivity index (χ4n) is 3.72. The van der Waals surface area contributed by atoms with Crippen LogP contribution in [0.1, 0.15) is 22.3 Å². The summed E-state index contributed by atoms with van der Waals surface area (Å²) in [5.74, 6) is -1.17. The van der Waals surface area contributed by atoms with Crippen molar-refractivity contribution in [1.29, 1.82) is 0 Å². The zero-order valence-corrected chi connectivity index (χ0v) is 17.3. The van der Waals surface area contributed by atoms with Crippen molar-refractivity contribution in [3.63, 3.8) is 0 Å². The number of rotatable bonds is 4. The fourth-order valence-corrected chi connectivity index (χ4v) is 3.72. The minimum atomic E-state index is -4.53. The molecule has 0 aromatic heterocycles. The number of carbonyl (C=O) groups excluding carboxylic acids is 2. The number of aryl methyl sites for hydroxylation is 2. The molecule has 0 bridgehead atoms. The molecule has 0 unspecified atom stereocenters. The standard InChI is InChI=1S/C25H19F3N2O2/c1-15-11-12-20(16(2)13-15)21-22(29-18-8-6-7-17(14-18)25(26,27)28)24(32)30(23(21)31)19-9-4-3-5-10-19/h3-14,29H,1-2H3. The van der Waals surface area contributed by atoms with E-state index in [9.17, 15) is 22.8 Å². The zero-order chi connectivity index (χ0) is 23.0. The van der Waals surface area contributed by atoms with Gasteiger partial charge in [-0.2, -0.15) is 13.2 Å². The molecule has 0 radical (unpaired) electrons. The van der Waals surface area contributed by atoms with Crippen LogP contribution in [0, 0.1) is 13.8 Å². The van der Waals surface area contributed by atoms with Gasteiger partial charge in [-0.05, 0) is 55.3 Å². The molecule has 4 nitrogen and oxygen atoms in total. The molecule has 1 aliphatic rings. The van der Waals surface area contributed by atoms with E-state index >= 15 is 0 Å². The Morgan fingerprint density at radius 1 is 0.812 bits per heavy atom. The number of amides is 2. The first-order valence-electron chi connectivity index (χ1n) is 9.87. The maximum Gasteiger partial charge on any atom is 0.416 e. The Kier molecular flexibility index (Phi) is 5.34. The van der Waals surface area contributed by atoms with Gasteiger partial charge in [0, 0.05) is 5.69 Å². The topological polar surface area (TPSA) is 49.4 Å². The van der Waals surface area contributed by atoms with Crippen LogP contribution in [0.3, 0.4) is 0 Å². The number of imide groups is 1. The Morgan fingerprint density at radius 2 is 1.53 bits per heavy atom. The Balaban J connectivity index is 1.85. The van der Waals surface area contributed by atoms with E-state index in [0.29, 0.717) is 11.3 Å². The van der Waals surface area contributed by atoms with Crippen LogP contribution >= 0.6 is 0 Å². The normalized spacial score (nSPS) is 14.3. The summed E-state index contributed by atoms with van der Waals surface area (Å²) in [5.41, 5.74) is 1.95. The number of nitrogens with zero attached hydrogens (tertiary/aromatic N) is 1. The molecule has 1 heterocycles. The van der Waals surface area contributed by atoms with Crippen molar-refractivity contribution in [2.45, 2.75) is 20.0 Å². The molecular formula is C25H19F3N2O2. The molecule has 0 atom stereocenters. The van der Waals surface area contributed by atoms with Gasteiger partial charge in [-0.3, -0.25) is 9.59 Å². The number of hydrogen-bond donors (Lipinski definition) is 1. The molecule has 1 N–H and O–H groups in total. The number of para-hydroxylation sites is 1. The molecular weight excluding hydrogens is 417 g/mol. The Morgan fingerprint density at radius 3 is 2.19 bits per heavy atom. The lowest BCUT2D eigenvalue weighted by atomic mass is 9.97. The Bertz CT molecular complexity index is 1250. The van der Waals surface area contributed by atoms with E-state index in [1.807, 2.05) is 26.0 Å². The van der Waals surface area contributed by atoms with Gasteiger partial charge in [-0.25, -0.2) is 4.90 Å². The molecule has 0 saturated carbocycles. The van der Waals surface area contributed by atoms with Crippen molar-refractivity contribution in [1.82, 2.24) is 0 Å². The number of alkyl halides is 3. The van der Waals surface area contributed by atoms with Crippen LogP contribution in [0.4, 0.5) is 24.5 Å². The number of carbonyl (C=O) groups is 2. The van der Waals surface area contributed by atoms with Gasteiger partial charge in [0.2, 0.25) is 0 Å². The molecule has 32 heavy (non-hydrogen) atoms. The highest BCUT2D eigenvalue weighted by atomic mass is 19.4. The molecule has 3 aromatic carbocycles. The Hall–Kier alpha value is -3.87. The van der Waals surface area contributed by atoms with E-state index in [2.05, 4.69) is 5.32 Å². The van der Waals surface area contributed by atoms with Crippen LogP contribution in [-0.2, 0) is 15.8 Å². The monoisotopic (exact) mass is 436 g/mol. The molecule has 1 aliphatic heterocycles. The molecule has 3 aromatic rings. The molecule has 162 valence electrons. The molecule has 0 fully saturated rings. The number of benzene rings is 3. The van der Waals surface area contributed by atoms with E-state index in [1.54, 1.807) is 36.4 Å². The van der Waals surface area contributed by atoms with E-state index in [-0.39, 0.29) is 17.0 Å². The lowest BCUT2D eigenvalue weighted by molar-refractivity contribution is -0.137. The summed E-state index contributed by atoms with van der Waals surface area (Å²) in [7, 11) is 0. The third kappa shape index (κ3) is 3.89. The highest BCUT2D eigenvalue weighted by Gasteiger charge is 2.41. The van der Waals surface area contributed by atoms with Gasteiger partial charge in [0.05, 0.1) is 16.8 Å². The van der Waals surface area contributed by atoms with E-state index < -0.39 is 23.6 Å². The van der Waals surface area contributed by atoms with Gasteiger partial charge in [0.1, 0.15) is 5.70 Å². The van der Waals surface area contributed by atoms with Crippen LogP contribution in [0.25, 0.3) is 5.57 Å². The third-order valence-corrected chi connectivity index (χ3v) is 5.21. The second kappa shape index (κ2) is 8.00. The number of anilines is 2. The van der Waals surface area contributed by atoms with Gasteiger partial charge in [-0.1, -0.05) is 48.0 Å². The van der Waals surface area contributed by atoms with Crippen LogP contribution in [-0.4, -0.2) is 11.8 Å². The summed E-state index contributed by atoms with van der Waals surface area (Å²) in [6.45, 7) is 3.73. The third-order valence-electron chi connectivity index (χ3n) is 5.21. The summed E-state index contributed by atoms with van der Waals surface area (Å²) >= 11 is 0. The maximum absolute atomic E-state index is 13.4. The van der Waals surface area contributed by atoms with Crippen molar-refractivity contribution in [3.8, 4) is 0 Å². The SMILES string of the molecule is Cc1ccc(C2=C(Nc3cccc(C(F)(F)F)c3)C(=O)N(c3ccccc3)C2=O)c(C)c1. The number of nitrogens with one attached hydrogen (secondary N) is 1. The quantitative estimate of drug-likeness (QED) is 0.533. The smallest absolute Gasteiger partial charge is 0.350 e. The summed E-state index contributed by atoms with van der Waals surface area (Å²) in [4.78, 5) is 27.8. The average Bonchev–Trinajstić information content (AvgIpc) is 2.98. The highest BCUT2D eigenvalue weighted by Crippen LogP contribution is 2.36. The summed E-state index contributed by atoms with van der Waals surface area (Å²) in [5, 5.41) is 2.79. The summed E-state index contributed by atoms with van der Waals surface area (Å²) in [6, 6.07) is 18.4. The van der Waals surface area contributed by atoms with Crippen LogP contribution in [0.15, 0.2) is 78.5 Å².